The van der Waals surface area contributed by atoms with Crippen LogP contribution in [-0.4, -0.2) is 49.8 Å². The molecule has 1 saturated heterocycles. The van der Waals surface area contributed by atoms with Crippen LogP contribution in [0, 0.1) is 5.92 Å². The van der Waals surface area contributed by atoms with E-state index in [-0.39, 0.29) is 12.4 Å². The molecule has 0 radical (unpaired) electrons. The van der Waals surface area contributed by atoms with E-state index in [2.05, 4.69) is 0 Å². The minimum absolute atomic E-state index is 0. The van der Waals surface area contributed by atoms with Crippen molar-refractivity contribution < 1.29 is 8.42 Å². The number of halogens is 1. The van der Waals surface area contributed by atoms with Crippen LogP contribution in [0.2, 0.25) is 0 Å². The lowest BCUT2D eigenvalue weighted by molar-refractivity contribution is 0.373. The average molecular weight is 272 g/mol. The standard InChI is InChI=1S/C9H21N3O2S.ClH/c1-3-11(4-2)15(13,14)12-6-5-9(7-10)8-12;/h9H,3-8,10H2,1-2H3;1H. The highest BCUT2D eigenvalue weighted by molar-refractivity contribution is 7.86. The molecule has 1 heterocycles. The molecule has 0 aromatic carbocycles. The predicted octanol–water partition coefficient (Wildman–Crippen LogP) is 0.275. The van der Waals surface area contributed by atoms with E-state index >= 15 is 0 Å². The van der Waals surface area contributed by atoms with Crippen LogP contribution in [0.3, 0.4) is 0 Å². The molecule has 1 atom stereocenters. The Kier molecular flexibility index (Phi) is 6.81. The van der Waals surface area contributed by atoms with Gasteiger partial charge < -0.3 is 5.73 Å². The van der Waals surface area contributed by atoms with Crippen LogP contribution in [0.15, 0.2) is 0 Å². The normalized spacial score (nSPS) is 22.4. The Balaban J connectivity index is 0.00000225. The van der Waals surface area contributed by atoms with Crippen molar-refractivity contribution in [2.24, 2.45) is 11.7 Å². The summed E-state index contributed by atoms with van der Waals surface area (Å²) in [6.45, 7) is 6.54. The maximum atomic E-state index is 12.1. The van der Waals surface area contributed by atoms with E-state index in [0.29, 0.717) is 38.6 Å². The van der Waals surface area contributed by atoms with Crippen molar-refractivity contribution in [2.75, 3.05) is 32.7 Å². The highest BCUT2D eigenvalue weighted by atomic mass is 35.5. The molecule has 0 aromatic rings. The average Bonchev–Trinajstić information content (AvgIpc) is 2.67. The summed E-state index contributed by atoms with van der Waals surface area (Å²) in [7, 11) is -3.23. The molecular formula is C9H22ClN3O2S. The van der Waals surface area contributed by atoms with Crippen LogP contribution in [-0.2, 0) is 10.2 Å². The van der Waals surface area contributed by atoms with Gasteiger partial charge in [-0.1, -0.05) is 13.8 Å². The third-order valence-corrected chi connectivity index (χ3v) is 5.09. The van der Waals surface area contributed by atoms with Crippen molar-refractivity contribution in [3.05, 3.63) is 0 Å². The first-order valence-electron chi connectivity index (χ1n) is 5.51. The molecule has 0 amide bonds. The minimum Gasteiger partial charge on any atom is -0.330 e. The van der Waals surface area contributed by atoms with Crippen molar-refractivity contribution in [1.29, 1.82) is 0 Å². The maximum absolute atomic E-state index is 12.1. The quantitative estimate of drug-likeness (QED) is 0.781. The molecule has 7 heteroatoms. The third-order valence-electron chi connectivity index (χ3n) is 2.94. The predicted molar refractivity (Wildman–Crippen MR) is 67.8 cm³/mol. The Morgan fingerprint density at radius 2 is 1.94 bits per heavy atom. The molecule has 0 aliphatic carbocycles. The zero-order chi connectivity index (χ0) is 11.5. The molecule has 1 aliphatic rings. The van der Waals surface area contributed by atoms with Crippen molar-refractivity contribution in [1.82, 2.24) is 8.61 Å². The summed E-state index contributed by atoms with van der Waals surface area (Å²) < 4.78 is 27.2. The van der Waals surface area contributed by atoms with E-state index in [1.54, 1.807) is 4.31 Å². The molecule has 1 rings (SSSR count). The van der Waals surface area contributed by atoms with E-state index in [1.165, 1.54) is 4.31 Å². The molecule has 1 fully saturated rings. The molecule has 0 aromatic heterocycles. The van der Waals surface area contributed by atoms with E-state index in [1.807, 2.05) is 13.8 Å². The third kappa shape index (κ3) is 3.30. The van der Waals surface area contributed by atoms with Gasteiger partial charge in [-0.25, -0.2) is 0 Å². The summed E-state index contributed by atoms with van der Waals surface area (Å²) >= 11 is 0. The first-order chi connectivity index (χ1) is 7.06. The lowest BCUT2D eigenvalue weighted by Crippen LogP contribution is -2.42. The molecule has 2 N–H and O–H groups in total. The number of hydrogen-bond acceptors (Lipinski definition) is 3. The second-order valence-electron chi connectivity index (χ2n) is 3.84. The number of nitrogens with zero attached hydrogens (tertiary/aromatic N) is 2. The lowest BCUT2D eigenvalue weighted by Gasteiger charge is -2.25. The van der Waals surface area contributed by atoms with Gasteiger partial charge in [0.2, 0.25) is 0 Å². The zero-order valence-corrected chi connectivity index (χ0v) is 11.6. The van der Waals surface area contributed by atoms with Gasteiger partial charge in [-0.05, 0) is 18.9 Å². The number of hydrogen-bond donors (Lipinski definition) is 1. The van der Waals surface area contributed by atoms with Gasteiger partial charge in [0.1, 0.15) is 0 Å². The fourth-order valence-corrected chi connectivity index (χ4v) is 3.63. The van der Waals surface area contributed by atoms with Gasteiger partial charge in [-0.3, -0.25) is 0 Å². The van der Waals surface area contributed by atoms with Gasteiger partial charge in [-0.2, -0.15) is 17.0 Å². The van der Waals surface area contributed by atoms with Gasteiger partial charge in [0.15, 0.2) is 0 Å². The monoisotopic (exact) mass is 271 g/mol. The molecule has 5 nitrogen and oxygen atoms in total. The minimum atomic E-state index is -3.23. The summed E-state index contributed by atoms with van der Waals surface area (Å²) in [6.07, 6.45) is 0.886. The van der Waals surface area contributed by atoms with Gasteiger partial charge in [0, 0.05) is 26.2 Å². The summed E-state index contributed by atoms with van der Waals surface area (Å²) in [5.74, 6) is 0.329. The summed E-state index contributed by atoms with van der Waals surface area (Å²) in [6, 6.07) is 0. The van der Waals surface area contributed by atoms with Crippen molar-refractivity contribution in [3.63, 3.8) is 0 Å². The molecule has 0 bridgehead atoms. The maximum Gasteiger partial charge on any atom is 0.281 e. The largest absolute Gasteiger partial charge is 0.330 e. The smallest absolute Gasteiger partial charge is 0.281 e. The van der Waals surface area contributed by atoms with E-state index in [4.69, 9.17) is 5.73 Å². The van der Waals surface area contributed by atoms with Gasteiger partial charge in [-0.15, -0.1) is 12.4 Å². The van der Waals surface area contributed by atoms with Crippen LogP contribution in [0.1, 0.15) is 20.3 Å². The van der Waals surface area contributed by atoms with Crippen LogP contribution in [0.4, 0.5) is 0 Å². The van der Waals surface area contributed by atoms with Crippen LogP contribution < -0.4 is 5.73 Å². The Labute approximate surface area is 105 Å². The van der Waals surface area contributed by atoms with E-state index < -0.39 is 10.2 Å². The summed E-state index contributed by atoms with van der Waals surface area (Å²) in [4.78, 5) is 0. The Morgan fingerprint density at radius 1 is 1.38 bits per heavy atom. The Morgan fingerprint density at radius 3 is 2.31 bits per heavy atom. The van der Waals surface area contributed by atoms with Gasteiger partial charge >= 0.3 is 0 Å². The van der Waals surface area contributed by atoms with Crippen LogP contribution in [0.25, 0.3) is 0 Å². The second kappa shape index (κ2) is 6.76. The molecule has 98 valence electrons. The van der Waals surface area contributed by atoms with Gasteiger partial charge in [0.05, 0.1) is 0 Å². The lowest BCUT2D eigenvalue weighted by atomic mass is 10.1. The number of nitrogens with two attached hydrogens (primary N) is 1. The fraction of sp³-hybridized carbons (Fsp3) is 1.00. The Hall–Kier alpha value is 0.120. The highest BCUT2D eigenvalue weighted by Crippen LogP contribution is 2.20. The fourth-order valence-electron chi connectivity index (χ4n) is 1.91. The van der Waals surface area contributed by atoms with Gasteiger partial charge in [0.25, 0.3) is 10.2 Å². The number of rotatable bonds is 5. The Bertz CT molecular complexity index is 293. The molecule has 1 unspecified atom stereocenters. The molecule has 0 spiro atoms. The van der Waals surface area contributed by atoms with E-state index in [9.17, 15) is 8.42 Å². The first kappa shape index (κ1) is 16.1. The van der Waals surface area contributed by atoms with Crippen LogP contribution in [0.5, 0.6) is 0 Å². The summed E-state index contributed by atoms with van der Waals surface area (Å²) in [5, 5.41) is 0. The SMILES string of the molecule is CCN(CC)S(=O)(=O)N1CCC(CN)C1.Cl. The highest BCUT2D eigenvalue weighted by Gasteiger charge is 2.33. The second-order valence-corrected chi connectivity index (χ2v) is 5.77. The molecule has 0 saturated carbocycles. The molecule has 16 heavy (non-hydrogen) atoms. The molecule has 1 aliphatic heterocycles. The van der Waals surface area contributed by atoms with Crippen molar-refractivity contribution in [2.45, 2.75) is 20.3 Å². The van der Waals surface area contributed by atoms with Crippen molar-refractivity contribution >= 4 is 22.6 Å². The molecular weight excluding hydrogens is 250 g/mol. The van der Waals surface area contributed by atoms with E-state index in [0.717, 1.165) is 6.42 Å². The summed E-state index contributed by atoms with van der Waals surface area (Å²) in [5.41, 5.74) is 5.55. The first-order valence-corrected chi connectivity index (χ1v) is 6.91. The zero-order valence-electron chi connectivity index (χ0n) is 9.92. The topological polar surface area (TPSA) is 66.6 Å². The van der Waals surface area contributed by atoms with Crippen LogP contribution >= 0.6 is 12.4 Å². The van der Waals surface area contributed by atoms with Crippen molar-refractivity contribution in [3.8, 4) is 0 Å².